The molecule has 6 atom stereocenters. The zero-order valence-corrected chi connectivity index (χ0v) is 20.1. The van der Waals surface area contributed by atoms with E-state index in [4.69, 9.17) is 10.5 Å². The molecule has 6 N–H and O–H groups in total. The first-order valence-corrected chi connectivity index (χ1v) is 12.1. The molecule has 0 bridgehead atoms. The summed E-state index contributed by atoms with van der Waals surface area (Å²) in [7, 11) is 1.91. The van der Waals surface area contributed by atoms with Crippen LogP contribution in [0.4, 0.5) is 10.6 Å². The van der Waals surface area contributed by atoms with E-state index in [1.807, 2.05) is 30.1 Å². The van der Waals surface area contributed by atoms with Crippen molar-refractivity contribution in [1.29, 1.82) is 0 Å². The standard InChI is InChI=1S/C24H32N8O4/c1-31(9-5-8-26-24(35)30-16-10-15(16)14-6-3-2-4-7-14)11-17-19(33)20(34)23(36-17)32-13-29-18-21(25)27-12-28-22(18)32/h2-4,6-7,12-13,15-17,19-20,23,33-34H,5,8-11H2,1H3,(H2,25,27,28)(H2,26,30,35)/t15-,16+,17+,19-,20+,23+/m0/s1. The lowest BCUT2D eigenvalue weighted by Gasteiger charge is -2.22. The number of aliphatic hydroxyl groups excluding tert-OH is 2. The number of anilines is 1. The van der Waals surface area contributed by atoms with Crippen LogP contribution in [0.25, 0.3) is 11.2 Å². The lowest BCUT2D eigenvalue weighted by Crippen LogP contribution is -2.40. The number of urea groups is 1. The number of nitrogens with zero attached hydrogens (tertiary/aromatic N) is 5. The number of aromatic nitrogens is 4. The number of ether oxygens (including phenoxy) is 1. The van der Waals surface area contributed by atoms with Crippen molar-refractivity contribution in [1.82, 2.24) is 35.1 Å². The van der Waals surface area contributed by atoms with Crippen molar-refractivity contribution in [2.75, 3.05) is 32.4 Å². The van der Waals surface area contributed by atoms with Crippen LogP contribution in [0.1, 0.15) is 30.6 Å². The summed E-state index contributed by atoms with van der Waals surface area (Å²) in [5, 5.41) is 27.1. The number of benzene rings is 1. The molecule has 1 saturated heterocycles. The minimum absolute atomic E-state index is 0.154. The summed E-state index contributed by atoms with van der Waals surface area (Å²) in [5.41, 5.74) is 7.94. The topological polar surface area (TPSA) is 164 Å². The van der Waals surface area contributed by atoms with Gasteiger partial charge in [0.25, 0.3) is 0 Å². The van der Waals surface area contributed by atoms with Gasteiger partial charge in [-0.15, -0.1) is 0 Å². The molecule has 1 aliphatic heterocycles. The van der Waals surface area contributed by atoms with Gasteiger partial charge in [0.1, 0.15) is 30.2 Å². The second kappa shape index (κ2) is 10.3. The summed E-state index contributed by atoms with van der Waals surface area (Å²) in [6, 6.07) is 10.2. The zero-order valence-electron chi connectivity index (χ0n) is 20.1. The van der Waals surface area contributed by atoms with E-state index in [1.54, 1.807) is 4.57 Å². The number of rotatable bonds is 9. The van der Waals surface area contributed by atoms with Crippen molar-refractivity contribution in [2.24, 2.45) is 0 Å². The predicted octanol–water partition coefficient (Wildman–Crippen LogP) is 0.205. The fourth-order valence-corrected chi connectivity index (χ4v) is 4.76. The van der Waals surface area contributed by atoms with Gasteiger partial charge < -0.3 is 36.2 Å². The number of carbonyl (C=O) groups is 1. The number of aliphatic hydroxyl groups is 2. The van der Waals surface area contributed by atoms with Crippen molar-refractivity contribution in [3.05, 3.63) is 48.5 Å². The third-order valence-corrected chi connectivity index (χ3v) is 6.83. The Morgan fingerprint density at radius 3 is 2.83 bits per heavy atom. The summed E-state index contributed by atoms with van der Waals surface area (Å²) < 4.78 is 7.55. The molecule has 3 heterocycles. The minimum atomic E-state index is -1.15. The van der Waals surface area contributed by atoms with Gasteiger partial charge >= 0.3 is 6.03 Å². The summed E-state index contributed by atoms with van der Waals surface area (Å²) in [6.07, 6.45) is 0.818. The first-order chi connectivity index (χ1) is 17.4. The lowest BCUT2D eigenvalue weighted by molar-refractivity contribution is -0.0421. The Morgan fingerprint density at radius 2 is 2.03 bits per heavy atom. The van der Waals surface area contributed by atoms with Gasteiger partial charge in [-0.3, -0.25) is 4.57 Å². The Hall–Kier alpha value is -3.32. The summed E-state index contributed by atoms with van der Waals surface area (Å²) in [5.74, 6) is 0.628. The monoisotopic (exact) mass is 496 g/mol. The van der Waals surface area contributed by atoms with Gasteiger partial charge in [0.05, 0.1) is 6.33 Å². The van der Waals surface area contributed by atoms with Crippen LogP contribution < -0.4 is 16.4 Å². The summed E-state index contributed by atoms with van der Waals surface area (Å²) in [6.45, 7) is 1.62. The van der Waals surface area contributed by atoms with E-state index in [1.165, 1.54) is 18.2 Å². The molecule has 0 radical (unpaired) electrons. The quantitative estimate of drug-likeness (QED) is 0.260. The molecule has 12 heteroatoms. The highest BCUT2D eigenvalue weighted by atomic mass is 16.6. The third-order valence-electron chi connectivity index (χ3n) is 6.83. The number of hydrogen-bond donors (Lipinski definition) is 5. The highest BCUT2D eigenvalue weighted by molar-refractivity contribution is 5.81. The van der Waals surface area contributed by atoms with Crippen LogP contribution in [0.5, 0.6) is 0 Å². The van der Waals surface area contributed by atoms with Crippen molar-refractivity contribution in [3.8, 4) is 0 Å². The second-order valence-corrected chi connectivity index (χ2v) is 9.50. The Bertz CT molecular complexity index is 1190. The Morgan fingerprint density at radius 1 is 1.22 bits per heavy atom. The van der Waals surface area contributed by atoms with Crippen LogP contribution >= 0.6 is 0 Å². The van der Waals surface area contributed by atoms with E-state index in [0.29, 0.717) is 36.7 Å². The van der Waals surface area contributed by atoms with Crippen molar-refractivity contribution in [3.63, 3.8) is 0 Å². The largest absolute Gasteiger partial charge is 0.387 e. The highest BCUT2D eigenvalue weighted by Gasteiger charge is 2.44. The molecule has 12 nitrogen and oxygen atoms in total. The lowest BCUT2D eigenvalue weighted by atomic mass is 10.1. The van der Waals surface area contributed by atoms with Crippen LogP contribution in [0, 0.1) is 0 Å². The molecule has 3 aromatic rings. The average molecular weight is 497 g/mol. The van der Waals surface area contributed by atoms with Gasteiger partial charge in [-0.1, -0.05) is 30.3 Å². The van der Waals surface area contributed by atoms with Gasteiger partial charge in [-0.2, -0.15) is 0 Å². The number of nitrogen functional groups attached to an aromatic ring is 1. The highest BCUT2D eigenvalue weighted by Crippen LogP contribution is 2.40. The molecular formula is C24H32N8O4. The maximum absolute atomic E-state index is 12.2. The molecule has 192 valence electrons. The Balaban J connectivity index is 1.04. The number of fused-ring (bicyclic) bond motifs is 1. The Kier molecular flexibility index (Phi) is 7.01. The third kappa shape index (κ3) is 5.12. The Labute approximate surface area is 208 Å². The van der Waals surface area contributed by atoms with Crippen molar-refractivity contribution < 1.29 is 19.7 Å². The van der Waals surface area contributed by atoms with Gasteiger partial charge in [0, 0.05) is 25.0 Å². The van der Waals surface area contributed by atoms with Gasteiger partial charge in [0.15, 0.2) is 17.7 Å². The number of likely N-dealkylation sites (N-methyl/N-ethyl adjacent to an activating group) is 1. The number of nitrogens with two attached hydrogens (primary N) is 1. The normalized spacial score (nSPS) is 27.4. The molecule has 0 unspecified atom stereocenters. The summed E-state index contributed by atoms with van der Waals surface area (Å²) >= 11 is 0. The molecule has 1 aromatic carbocycles. The molecule has 0 spiro atoms. The van der Waals surface area contributed by atoms with Crippen LogP contribution in [-0.2, 0) is 4.74 Å². The maximum Gasteiger partial charge on any atom is 0.315 e. The van der Waals surface area contributed by atoms with E-state index in [2.05, 4.69) is 37.7 Å². The van der Waals surface area contributed by atoms with Gasteiger partial charge in [-0.25, -0.2) is 19.7 Å². The van der Waals surface area contributed by atoms with Crippen molar-refractivity contribution in [2.45, 2.75) is 49.3 Å². The molecule has 2 fully saturated rings. The van der Waals surface area contributed by atoms with Crippen molar-refractivity contribution >= 4 is 23.0 Å². The molecular weight excluding hydrogens is 464 g/mol. The maximum atomic E-state index is 12.2. The zero-order chi connectivity index (χ0) is 25.2. The second-order valence-electron chi connectivity index (χ2n) is 9.50. The SMILES string of the molecule is CN(CCCNC(=O)N[C@@H]1C[C@H]1c1ccccc1)C[C@H]1O[C@@H](n2cnc3c(N)ncnc32)[C@H](O)[C@H]1O. The smallest absolute Gasteiger partial charge is 0.315 e. The molecule has 2 amide bonds. The molecule has 1 aliphatic carbocycles. The number of nitrogens with one attached hydrogen (secondary N) is 2. The van der Waals surface area contributed by atoms with E-state index in [9.17, 15) is 15.0 Å². The van der Waals surface area contributed by atoms with E-state index in [-0.39, 0.29) is 17.9 Å². The van der Waals surface area contributed by atoms with E-state index >= 15 is 0 Å². The van der Waals surface area contributed by atoms with E-state index < -0.39 is 24.5 Å². The fourth-order valence-electron chi connectivity index (χ4n) is 4.76. The van der Waals surface area contributed by atoms with Crippen LogP contribution in [-0.4, -0.2) is 91.7 Å². The molecule has 2 aliphatic rings. The first kappa shape index (κ1) is 24.4. The molecule has 1 saturated carbocycles. The minimum Gasteiger partial charge on any atom is -0.387 e. The number of hydrogen-bond acceptors (Lipinski definition) is 9. The fraction of sp³-hybridized carbons (Fsp3) is 0.500. The van der Waals surface area contributed by atoms with Crippen LogP contribution in [0.15, 0.2) is 43.0 Å². The number of carbonyl (C=O) groups excluding carboxylic acids is 1. The molecule has 2 aromatic heterocycles. The van der Waals surface area contributed by atoms with Gasteiger partial charge in [-0.05, 0) is 32.0 Å². The van der Waals surface area contributed by atoms with Crippen LogP contribution in [0.3, 0.4) is 0 Å². The number of imidazole rings is 1. The van der Waals surface area contributed by atoms with Gasteiger partial charge in [0.2, 0.25) is 0 Å². The van der Waals surface area contributed by atoms with E-state index in [0.717, 1.165) is 12.8 Å². The average Bonchev–Trinajstić information content (AvgIpc) is 3.41. The molecule has 36 heavy (non-hydrogen) atoms. The number of amides is 2. The predicted molar refractivity (Wildman–Crippen MR) is 132 cm³/mol. The van der Waals surface area contributed by atoms with Crippen LogP contribution in [0.2, 0.25) is 0 Å². The first-order valence-electron chi connectivity index (χ1n) is 12.1. The summed E-state index contributed by atoms with van der Waals surface area (Å²) in [4.78, 5) is 26.5. The molecule has 5 rings (SSSR count).